The average Bonchev–Trinajstić information content (AvgIpc) is 2.60. The Hall–Kier alpha value is -1.30. The largest absolute Gasteiger partial charge is 0.303 e. The number of thioether (sulfide) groups is 1. The van der Waals surface area contributed by atoms with Crippen LogP contribution in [0.25, 0.3) is 11.2 Å². The van der Waals surface area contributed by atoms with E-state index in [2.05, 4.69) is 28.8 Å². The van der Waals surface area contributed by atoms with E-state index < -0.39 is 0 Å². The van der Waals surface area contributed by atoms with Crippen LogP contribution in [0.5, 0.6) is 0 Å². The Morgan fingerprint density at radius 1 is 1.53 bits per heavy atom. The summed E-state index contributed by atoms with van der Waals surface area (Å²) in [5.41, 5.74) is 1.13. The van der Waals surface area contributed by atoms with Crippen molar-refractivity contribution >= 4 is 22.9 Å². The van der Waals surface area contributed by atoms with Crippen LogP contribution in [0.3, 0.4) is 0 Å². The zero-order chi connectivity index (χ0) is 12.4. The lowest BCUT2D eigenvalue weighted by molar-refractivity contribution is -0.645. The van der Waals surface area contributed by atoms with E-state index in [1.165, 1.54) is 0 Å². The smallest absolute Gasteiger partial charge is 0.298 e. The van der Waals surface area contributed by atoms with Gasteiger partial charge in [0.25, 0.3) is 11.2 Å². The van der Waals surface area contributed by atoms with Gasteiger partial charge in [-0.15, -0.1) is 0 Å². The molecular formula is C11H17N4OS+. The summed E-state index contributed by atoms with van der Waals surface area (Å²) < 4.78 is 1.74. The van der Waals surface area contributed by atoms with Crippen molar-refractivity contribution in [3.05, 3.63) is 16.7 Å². The molecule has 0 bridgehead atoms. The third-order valence-corrected chi connectivity index (χ3v) is 3.46. The summed E-state index contributed by atoms with van der Waals surface area (Å²) in [5.74, 6) is 1.64. The van der Waals surface area contributed by atoms with Crippen LogP contribution in [0.2, 0.25) is 0 Å². The second kappa shape index (κ2) is 4.91. The number of aromatic amines is 2. The van der Waals surface area contributed by atoms with Crippen molar-refractivity contribution in [3.63, 3.8) is 0 Å². The predicted octanol–water partition coefficient (Wildman–Crippen LogP) is 1.21. The van der Waals surface area contributed by atoms with Gasteiger partial charge in [0.15, 0.2) is 5.16 Å². The van der Waals surface area contributed by atoms with Gasteiger partial charge in [-0.1, -0.05) is 25.6 Å². The first-order chi connectivity index (χ1) is 8.08. The SMILES string of the molecule is CC(C)CCSc1nc2[nH]c[n+](C)c2c(=O)[nH]1. The molecule has 17 heavy (non-hydrogen) atoms. The monoisotopic (exact) mass is 253 g/mol. The number of fused-ring (bicyclic) bond motifs is 1. The lowest BCUT2D eigenvalue weighted by atomic mass is 10.2. The van der Waals surface area contributed by atoms with E-state index in [1.807, 2.05) is 7.05 Å². The van der Waals surface area contributed by atoms with Crippen molar-refractivity contribution < 1.29 is 4.57 Å². The Morgan fingerprint density at radius 2 is 2.29 bits per heavy atom. The minimum Gasteiger partial charge on any atom is -0.298 e. The molecule has 2 heterocycles. The zero-order valence-corrected chi connectivity index (χ0v) is 11.1. The quantitative estimate of drug-likeness (QED) is 0.489. The molecule has 0 spiro atoms. The van der Waals surface area contributed by atoms with E-state index >= 15 is 0 Å². The second-order valence-corrected chi connectivity index (χ2v) is 5.57. The second-order valence-electron chi connectivity index (χ2n) is 4.48. The Balaban J connectivity index is 2.22. The number of H-pyrrole nitrogens is 2. The van der Waals surface area contributed by atoms with Crippen molar-refractivity contribution in [2.24, 2.45) is 13.0 Å². The molecule has 0 aliphatic carbocycles. The lowest BCUT2D eigenvalue weighted by Crippen LogP contribution is -2.31. The fourth-order valence-corrected chi connectivity index (χ4v) is 2.66. The summed E-state index contributed by atoms with van der Waals surface area (Å²) in [5, 5.41) is 0.686. The Kier molecular flexibility index (Phi) is 3.51. The van der Waals surface area contributed by atoms with Crippen LogP contribution >= 0.6 is 11.8 Å². The molecule has 5 nitrogen and oxygen atoms in total. The van der Waals surface area contributed by atoms with Crippen molar-refractivity contribution in [1.82, 2.24) is 15.0 Å². The first kappa shape index (κ1) is 12.2. The molecule has 6 heteroatoms. The Morgan fingerprint density at radius 3 is 3.00 bits per heavy atom. The van der Waals surface area contributed by atoms with Gasteiger partial charge in [0.2, 0.25) is 6.33 Å². The summed E-state index contributed by atoms with van der Waals surface area (Å²) in [4.78, 5) is 22.0. The molecule has 2 N–H and O–H groups in total. The highest BCUT2D eigenvalue weighted by Crippen LogP contribution is 2.15. The fourth-order valence-electron chi connectivity index (χ4n) is 1.56. The fraction of sp³-hybridized carbons (Fsp3) is 0.545. The molecule has 0 aliphatic rings. The molecule has 0 atom stereocenters. The molecule has 0 saturated heterocycles. The van der Waals surface area contributed by atoms with Crippen LogP contribution in [-0.4, -0.2) is 20.7 Å². The number of aromatic nitrogens is 4. The minimum atomic E-state index is -0.0919. The molecule has 92 valence electrons. The van der Waals surface area contributed by atoms with Gasteiger partial charge >= 0.3 is 5.56 Å². The van der Waals surface area contributed by atoms with Gasteiger partial charge < -0.3 is 0 Å². The van der Waals surface area contributed by atoms with Crippen LogP contribution in [0.15, 0.2) is 16.3 Å². The highest BCUT2D eigenvalue weighted by Gasteiger charge is 2.14. The highest BCUT2D eigenvalue weighted by molar-refractivity contribution is 7.99. The first-order valence-electron chi connectivity index (χ1n) is 5.67. The highest BCUT2D eigenvalue weighted by atomic mass is 32.2. The van der Waals surface area contributed by atoms with Gasteiger partial charge in [0.05, 0.1) is 7.05 Å². The normalized spacial score (nSPS) is 11.5. The molecule has 0 unspecified atom stereocenters. The maximum Gasteiger partial charge on any atom is 0.303 e. The molecule has 0 fully saturated rings. The van der Waals surface area contributed by atoms with Crippen LogP contribution in [0.4, 0.5) is 0 Å². The number of rotatable bonds is 4. The van der Waals surface area contributed by atoms with E-state index in [-0.39, 0.29) is 5.56 Å². The predicted molar refractivity (Wildman–Crippen MR) is 68.1 cm³/mol. The van der Waals surface area contributed by atoms with Crippen LogP contribution in [0.1, 0.15) is 20.3 Å². The van der Waals surface area contributed by atoms with Gasteiger partial charge in [-0.3, -0.25) is 9.78 Å². The van der Waals surface area contributed by atoms with Gasteiger partial charge in [0, 0.05) is 5.75 Å². The van der Waals surface area contributed by atoms with E-state index in [4.69, 9.17) is 0 Å². The van der Waals surface area contributed by atoms with Gasteiger partial charge in [-0.25, -0.2) is 9.55 Å². The summed E-state index contributed by atoms with van der Waals surface area (Å²) in [7, 11) is 1.82. The Labute approximate surface area is 104 Å². The maximum absolute atomic E-state index is 11.8. The Bertz CT molecular complexity index is 572. The van der Waals surface area contributed by atoms with Gasteiger partial charge in [-0.2, -0.15) is 4.98 Å². The van der Waals surface area contributed by atoms with E-state index in [0.717, 1.165) is 12.2 Å². The van der Waals surface area contributed by atoms with Crippen LogP contribution < -0.4 is 10.1 Å². The number of nitrogens with one attached hydrogen (secondary N) is 2. The summed E-state index contributed by atoms with van der Waals surface area (Å²) in [6.45, 7) is 4.37. The molecule has 0 radical (unpaired) electrons. The molecule has 0 saturated carbocycles. The summed E-state index contributed by atoms with van der Waals surface area (Å²) in [6.07, 6.45) is 2.85. The molecule has 2 rings (SSSR count). The van der Waals surface area contributed by atoms with Crippen molar-refractivity contribution in [1.29, 1.82) is 0 Å². The van der Waals surface area contributed by atoms with E-state index in [9.17, 15) is 4.79 Å². The topological polar surface area (TPSA) is 65.4 Å². The number of imidazole rings is 1. The average molecular weight is 253 g/mol. The van der Waals surface area contributed by atoms with Crippen LogP contribution in [0, 0.1) is 5.92 Å². The number of hydrogen-bond acceptors (Lipinski definition) is 3. The number of hydrogen-bond donors (Lipinski definition) is 2. The molecule has 2 aromatic rings. The van der Waals surface area contributed by atoms with E-state index in [0.29, 0.717) is 22.2 Å². The number of aryl methyl sites for hydroxylation is 1. The van der Waals surface area contributed by atoms with Crippen LogP contribution in [-0.2, 0) is 7.05 Å². The molecule has 2 aromatic heterocycles. The standard InChI is InChI=1S/C11H16N4OS/c1-7(2)4-5-17-11-13-9-8(10(16)14-11)15(3)6-12-9/h6-7H,4-5H2,1-3H3,(H,13,14,16)/p+1. The summed E-state index contributed by atoms with van der Waals surface area (Å²) >= 11 is 1.59. The molecular weight excluding hydrogens is 236 g/mol. The van der Waals surface area contributed by atoms with Crippen molar-refractivity contribution in [2.75, 3.05) is 5.75 Å². The molecule has 0 amide bonds. The third-order valence-electron chi connectivity index (χ3n) is 2.55. The van der Waals surface area contributed by atoms with Crippen molar-refractivity contribution in [3.8, 4) is 0 Å². The van der Waals surface area contributed by atoms with E-state index in [1.54, 1.807) is 22.7 Å². The minimum absolute atomic E-state index is 0.0919. The first-order valence-corrected chi connectivity index (χ1v) is 6.66. The number of nitrogens with zero attached hydrogens (tertiary/aromatic N) is 2. The van der Waals surface area contributed by atoms with Crippen molar-refractivity contribution in [2.45, 2.75) is 25.4 Å². The van der Waals surface area contributed by atoms with Gasteiger partial charge in [-0.05, 0) is 12.3 Å². The lowest BCUT2D eigenvalue weighted by Gasteiger charge is -2.02. The molecule has 0 aliphatic heterocycles. The maximum atomic E-state index is 11.8. The molecule has 0 aromatic carbocycles. The third kappa shape index (κ3) is 2.69. The van der Waals surface area contributed by atoms with Gasteiger partial charge in [0.1, 0.15) is 0 Å². The zero-order valence-electron chi connectivity index (χ0n) is 10.3. The summed E-state index contributed by atoms with van der Waals surface area (Å²) in [6, 6.07) is 0.